The highest BCUT2D eigenvalue weighted by atomic mass is 16.2. The first-order chi connectivity index (χ1) is 13.5. The maximum atomic E-state index is 12.9. The zero-order valence-corrected chi connectivity index (χ0v) is 16.8. The summed E-state index contributed by atoms with van der Waals surface area (Å²) in [5.74, 6) is 0.104. The standard InChI is InChI=1S/C23H29N3O2/c1-16-15-21(17(2)26(16)20-7-4-3-5-8-20)23(28)24-18-10-12-19(13-11-18)25-14-6-9-22(25)27/h10-13,15,20H,3-9,14H2,1-2H3,(H,24,28). The molecule has 1 saturated heterocycles. The Hall–Kier alpha value is -2.56. The fourth-order valence-corrected chi connectivity index (χ4v) is 4.75. The molecule has 1 N–H and O–H groups in total. The zero-order valence-electron chi connectivity index (χ0n) is 16.8. The van der Waals surface area contributed by atoms with Gasteiger partial charge in [-0.1, -0.05) is 19.3 Å². The second-order valence-corrected chi connectivity index (χ2v) is 8.10. The molecule has 2 heterocycles. The van der Waals surface area contributed by atoms with Crippen molar-refractivity contribution < 1.29 is 9.59 Å². The number of benzene rings is 1. The predicted molar refractivity (Wildman–Crippen MR) is 112 cm³/mol. The molecule has 1 aliphatic carbocycles. The van der Waals surface area contributed by atoms with Gasteiger partial charge in [0.15, 0.2) is 0 Å². The number of rotatable bonds is 4. The highest BCUT2D eigenvalue weighted by molar-refractivity contribution is 6.05. The van der Waals surface area contributed by atoms with E-state index in [0.29, 0.717) is 12.5 Å². The number of anilines is 2. The Morgan fingerprint density at radius 2 is 1.75 bits per heavy atom. The number of carbonyl (C=O) groups is 2. The van der Waals surface area contributed by atoms with Crippen LogP contribution in [-0.2, 0) is 4.79 Å². The van der Waals surface area contributed by atoms with Crippen LogP contribution in [-0.4, -0.2) is 22.9 Å². The lowest BCUT2D eigenvalue weighted by Gasteiger charge is -2.26. The van der Waals surface area contributed by atoms with Crippen LogP contribution in [0.25, 0.3) is 0 Å². The third kappa shape index (κ3) is 3.58. The molecule has 1 aromatic heterocycles. The van der Waals surface area contributed by atoms with Crippen LogP contribution < -0.4 is 10.2 Å². The van der Waals surface area contributed by atoms with Crippen LogP contribution >= 0.6 is 0 Å². The molecule has 0 atom stereocenters. The largest absolute Gasteiger partial charge is 0.345 e. The van der Waals surface area contributed by atoms with E-state index < -0.39 is 0 Å². The van der Waals surface area contributed by atoms with Crippen LogP contribution in [0, 0.1) is 13.8 Å². The smallest absolute Gasteiger partial charge is 0.257 e. The van der Waals surface area contributed by atoms with Gasteiger partial charge in [0.05, 0.1) is 5.56 Å². The molecule has 2 fully saturated rings. The number of aromatic nitrogens is 1. The lowest BCUT2D eigenvalue weighted by atomic mass is 9.95. The Balaban J connectivity index is 1.48. The van der Waals surface area contributed by atoms with Crippen LogP contribution in [0.15, 0.2) is 30.3 Å². The Labute approximate surface area is 166 Å². The van der Waals surface area contributed by atoms with Crippen LogP contribution in [0.2, 0.25) is 0 Å². The van der Waals surface area contributed by atoms with E-state index in [9.17, 15) is 9.59 Å². The van der Waals surface area contributed by atoms with Crippen molar-refractivity contribution in [2.45, 2.75) is 64.8 Å². The van der Waals surface area contributed by atoms with E-state index >= 15 is 0 Å². The van der Waals surface area contributed by atoms with Gasteiger partial charge in [0.25, 0.3) is 5.91 Å². The third-order valence-electron chi connectivity index (χ3n) is 6.18. The van der Waals surface area contributed by atoms with E-state index in [1.807, 2.05) is 35.2 Å². The van der Waals surface area contributed by atoms with Crippen molar-refractivity contribution in [2.24, 2.45) is 0 Å². The monoisotopic (exact) mass is 379 g/mol. The van der Waals surface area contributed by atoms with Gasteiger partial charge in [0, 0.05) is 41.8 Å². The molecule has 1 aromatic carbocycles. The molecule has 4 rings (SSSR count). The highest BCUT2D eigenvalue weighted by Gasteiger charge is 2.23. The number of amides is 2. The van der Waals surface area contributed by atoms with Gasteiger partial charge in [-0.15, -0.1) is 0 Å². The summed E-state index contributed by atoms with van der Waals surface area (Å²) < 4.78 is 2.36. The molecule has 1 aliphatic heterocycles. The summed E-state index contributed by atoms with van der Waals surface area (Å²) in [7, 11) is 0. The minimum absolute atomic E-state index is 0.0693. The summed E-state index contributed by atoms with van der Waals surface area (Å²) in [6, 6.07) is 10.1. The van der Waals surface area contributed by atoms with Crippen LogP contribution in [0.3, 0.4) is 0 Å². The van der Waals surface area contributed by atoms with Crippen molar-refractivity contribution in [2.75, 3.05) is 16.8 Å². The Bertz CT molecular complexity index is 876. The van der Waals surface area contributed by atoms with E-state index in [1.54, 1.807) is 0 Å². The average molecular weight is 380 g/mol. The number of hydrogen-bond acceptors (Lipinski definition) is 2. The predicted octanol–water partition coefficient (Wildman–Crippen LogP) is 4.99. The summed E-state index contributed by atoms with van der Waals surface area (Å²) in [6.45, 7) is 4.93. The fourth-order valence-electron chi connectivity index (χ4n) is 4.75. The molecule has 5 heteroatoms. The normalized spacial score (nSPS) is 17.9. The molecule has 2 aromatic rings. The Morgan fingerprint density at radius 1 is 1.04 bits per heavy atom. The molecule has 1 saturated carbocycles. The summed E-state index contributed by atoms with van der Waals surface area (Å²) >= 11 is 0. The number of carbonyl (C=O) groups excluding carboxylic acids is 2. The number of nitrogens with one attached hydrogen (secondary N) is 1. The second-order valence-electron chi connectivity index (χ2n) is 8.10. The molecule has 0 unspecified atom stereocenters. The lowest BCUT2D eigenvalue weighted by molar-refractivity contribution is -0.117. The second kappa shape index (κ2) is 7.82. The first-order valence-corrected chi connectivity index (χ1v) is 10.4. The summed E-state index contributed by atoms with van der Waals surface area (Å²) in [5, 5.41) is 3.02. The lowest BCUT2D eigenvalue weighted by Crippen LogP contribution is -2.23. The molecule has 5 nitrogen and oxygen atoms in total. The van der Waals surface area contributed by atoms with Gasteiger partial charge in [0.2, 0.25) is 5.91 Å². The van der Waals surface area contributed by atoms with E-state index in [0.717, 1.165) is 41.3 Å². The molecular weight excluding hydrogens is 350 g/mol. The topological polar surface area (TPSA) is 54.3 Å². The molecule has 0 spiro atoms. The molecule has 0 bridgehead atoms. The molecule has 28 heavy (non-hydrogen) atoms. The van der Waals surface area contributed by atoms with Gasteiger partial charge in [-0.05, 0) is 63.4 Å². The van der Waals surface area contributed by atoms with E-state index in [-0.39, 0.29) is 11.8 Å². The van der Waals surface area contributed by atoms with Crippen molar-refractivity contribution >= 4 is 23.2 Å². The fraction of sp³-hybridized carbons (Fsp3) is 0.478. The number of hydrogen-bond donors (Lipinski definition) is 1. The summed E-state index contributed by atoms with van der Waals surface area (Å²) in [6.07, 6.45) is 7.80. The number of aryl methyl sites for hydroxylation is 1. The third-order valence-corrected chi connectivity index (χ3v) is 6.18. The van der Waals surface area contributed by atoms with Crippen molar-refractivity contribution in [3.05, 3.63) is 47.3 Å². The molecule has 2 aliphatic rings. The number of nitrogens with zero attached hydrogens (tertiary/aromatic N) is 2. The van der Waals surface area contributed by atoms with Gasteiger partial charge in [-0.3, -0.25) is 9.59 Å². The molecule has 2 amide bonds. The van der Waals surface area contributed by atoms with Crippen LogP contribution in [0.5, 0.6) is 0 Å². The van der Waals surface area contributed by atoms with E-state index in [1.165, 1.54) is 32.1 Å². The zero-order chi connectivity index (χ0) is 19.7. The minimum Gasteiger partial charge on any atom is -0.345 e. The first kappa shape index (κ1) is 18.8. The highest BCUT2D eigenvalue weighted by Crippen LogP contribution is 2.32. The van der Waals surface area contributed by atoms with Crippen LogP contribution in [0.1, 0.15) is 72.7 Å². The molecule has 148 valence electrons. The van der Waals surface area contributed by atoms with Crippen LogP contribution in [0.4, 0.5) is 11.4 Å². The Kier molecular flexibility index (Phi) is 5.25. The van der Waals surface area contributed by atoms with Gasteiger partial charge >= 0.3 is 0 Å². The van der Waals surface area contributed by atoms with Crippen molar-refractivity contribution in [3.8, 4) is 0 Å². The minimum atomic E-state index is -0.0693. The van der Waals surface area contributed by atoms with Crippen molar-refractivity contribution in [1.82, 2.24) is 4.57 Å². The average Bonchev–Trinajstić information content (AvgIpc) is 3.26. The summed E-state index contributed by atoms with van der Waals surface area (Å²) in [5.41, 5.74) is 4.62. The maximum absolute atomic E-state index is 12.9. The summed E-state index contributed by atoms with van der Waals surface area (Å²) in [4.78, 5) is 26.6. The van der Waals surface area contributed by atoms with Gasteiger partial charge in [-0.25, -0.2) is 0 Å². The van der Waals surface area contributed by atoms with Gasteiger partial charge < -0.3 is 14.8 Å². The van der Waals surface area contributed by atoms with Crippen molar-refractivity contribution in [1.29, 1.82) is 0 Å². The maximum Gasteiger partial charge on any atom is 0.257 e. The molecular formula is C23H29N3O2. The quantitative estimate of drug-likeness (QED) is 0.814. The Morgan fingerprint density at radius 3 is 2.39 bits per heavy atom. The van der Waals surface area contributed by atoms with E-state index in [4.69, 9.17) is 0 Å². The first-order valence-electron chi connectivity index (χ1n) is 10.4. The van der Waals surface area contributed by atoms with Crippen molar-refractivity contribution in [3.63, 3.8) is 0 Å². The SMILES string of the molecule is Cc1cc(C(=O)Nc2ccc(N3CCCC3=O)cc2)c(C)n1C1CCCCC1. The molecule has 0 radical (unpaired) electrons. The van der Waals surface area contributed by atoms with Gasteiger partial charge in [0.1, 0.15) is 0 Å². The van der Waals surface area contributed by atoms with Gasteiger partial charge in [-0.2, -0.15) is 0 Å². The van der Waals surface area contributed by atoms with E-state index in [2.05, 4.69) is 23.7 Å².